The van der Waals surface area contributed by atoms with Crippen LogP contribution in [0, 0.1) is 5.92 Å². The molecule has 1 rings (SSSR count). The zero-order valence-electron chi connectivity index (χ0n) is 10.5. The summed E-state index contributed by atoms with van der Waals surface area (Å²) in [6.07, 6.45) is 1.20. The van der Waals surface area contributed by atoms with E-state index in [9.17, 15) is 8.42 Å². The molecule has 0 aliphatic carbocycles. The third kappa shape index (κ3) is 2.90. The SMILES string of the molecule is CC(C)(C)S(=O)(=O)N1CCC(C(N)=NO)CC1. The number of oxime groups is 1. The quantitative estimate of drug-likeness (QED) is 0.329. The number of piperidine rings is 1. The second kappa shape index (κ2) is 4.81. The highest BCUT2D eigenvalue weighted by Gasteiger charge is 2.37. The first-order valence-corrected chi connectivity index (χ1v) is 7.11. The molecule has 1 aliphatic heterocycles. The van der Waals surface area contributed by atoms with E-state index in [0.717, 1.165) is 0 Å². The number of hydrogen-bond acceptors (Lipinski definition) is 4. The van der Waals surface area contributed by atoms with Crippen molar-refractivity contribution in [2.75, 3.05) is 13.1 Å². The van der Waals surface area contributed by atoms with Crippen molar-refractivity contribution in [2.24, 2.45) is 16.8 Å². The average molecular weight is 263 g/mol. The zero-order valence-corrected chi connectivity index (χ0v) is 11.4. The number of hydrogen-bond donors (Lipinski definition) is 2. The Morgan fingerprint density at radius 3 is 2.18 bits per heavy atom. The summed E-state index contributed by atoms with van der Waals surface area (Å²) in [4.78, 5) is 0. The number of rotatable bonds is 2. The Kier molecular flexibility index (Phi) is 4.03. The van der Waals surface area contributed by atoms with E-state index in [4.69, 9.17) is 10.9 Å². The van der Waals surface area contributed by atoms with Gasteiger partial charge in [-0.3, -0.25) is 0 Å². The van der Waals surface area contributed by atoms with Crippen molar-refractivity contribution in [2.45, 2.75) is 38.4 Å². The molecule has 0 atom stereocenters. The van der Waals surface area contributed by atoms with E-state index in [-0.39, 0.29) is 11.8 Å². The Morgan fingerprint density at radius 2 is 1.82 bits per heavy atom. The first-order valence-electron chi connectivity index (χ1n) is 5.67. The summed E-state index contributed by atoms with van der Waals surface area (Å²) >= 11 is 0. The maximum Gasteiger partial charge on any atom is 0.219 e. The largest absolute Gasteiger partial charge is 0.409 e. The molecule has 1 aliphatic rings. The lowest BCUT2D eigenvalue weighted by Gasteiger charge is -2.34. The molecule has 0 bridgehead atoms. The summed E-state index contributed by atoms with van der Waals surface area (Å²) in [5, 5.41) is 11.5. The van der Waals surface area contributed by atoms with Crippen molar-refractivity contribution in [3.8, 4) is 0 Å². The van der Waals surface area contributed by atoms with Gasteiger partial charge in [0, 0.05) is 19.0 Å². The monoisotopic (exact) mass is 263 g/mol. The van der Waals surface area contributed by atoms with Gasteiger partial charge in [0.2, 0.25) is 10.0 Å². The van der Waals surface area contributed by atoms with Gasteiger partial charge in [0.05, 0.1) is 4.75 Å². The molecule has 100 valence electrons. The van der Waals surface area contributed by atoms with Crippen molar-refractivity contribution in [3.63, 3.8) is 0 Å². The minimum atomic E-state index is -3.27. The van der Waals surface area contributed by atoms with Gasteiger partial charge in [0.15, 0.2) is 0 Å². The second-order valence-corrected chi connectivity index (χ2v) is 8.01. The molecule has 0 aromatic carbocycles. The van der Waals surface area contributed by atoms with Crippen molar-refractivity contribution < 1.29 is 13.6 Å². The Labute approximate surface area is 103 Å². The molecule has 0 unspecified atom stereocenters. The Bertz CT molecular complexity index is 390. The molecule has 0 radical (unpaired) electrons. The maximum atomic E-state index is 12.2. The molecule has 7 heteroatoms. The zero-order chi connectivity index (χ0) is 13.3. The molecule has 0 aromatic heterocycles. The average Bonchev–Trinajstić information content (AvgIpc) is 2.26. The molecule has 0 spiro atoms. The lowest BCUT2D eigenvalue weighted by Crippen LogP contribution is -2.48. The highest BCUT2D eigenvalue weighted by Crippen LogP contribution is 2.26. The van der Waals surface area contributed by atoms with Gasteiger partial charge in [-0.1, -0.05) is 5.16 Å². The molecule has 1 heterocycles. The molecule has 17 heavy (non-hydrogen) atoms. The maximum absolute atomic E-state index is 12.2. The molecule has 0 aromatic rings. The Balaban J connectivity index is 2.71. The molecule has 1 fully saturated rings. The van der Waals surface area contributed by atoms with Crippen LogP contribution in [-0.4, -0.2) is 41.6 Å². The van der Waals surface area contributed by atoms with E-state index < -0.39 is 14.8 Å². The van der Waals surface area contributed by atoms with Crippen molar-refractivity contribution in [3.05, 3.63) is 0 Å². The predicted molar refractivity (Wildman–Crippen MR) is 66.4 cm³/mol. The summed E-state index contributed by atoms with van der Waals surface area (Å²) in [6, 6.07) is 0. The summed E-state index contributed by atoms with van der Waals surface area (Å²) in [6.45, 7) is 5.94. The Morgan fingerprint density at radius 1 is 1.35 bits per heavy atom. The van der Waals surface area contributed by atoms with Crippen LogP contribution in [0.3, 0.4) is 0 Å². The molecular formula is C10H21N3O3S. The van der Waals surface area contributed by atoms with E-state index in [1.54, 1.807) is 20.8 Å². The van der Waals surface area contributed by atoms with Crippen LogP contribution in [0.5, 0.6) is 0 Å². The fourth-order valence-corrected chi connectivity index (χ4v) is 3.33. The molecule has 1 saturated heterocycles. The van der Waals surface area contributed by atoms with Gasteiger partial charge in [-0.25, -0.2) is 12.7 Å². The normalized spacial score (nSPS) is 21.7. The van der Waals surface area contributed by atoms with Gasteiger partial charge < -0.3 is 10.9 Å². The molecule has 6 nitrogen and oxygen atoms in total. The first-order chi connectivity index (χ1) is 7.70. The van der Waals surface area contributed by atoms with Crippen LogP contribution in [-0.2, 0) is 10.0 Å². The van der Waals surface area contributed by atoms with E-state index in [1.807, 2.05) is 0 Å². The third-order valence-corrected chi connectivity index (χ3v) is 5.69. The van der Waals surface area contributed by atoms with Gasteiger partial charge >= 0.3 is 0 Å². The van der Waals surface area contributed by atoms with Crippen molar-refractivity contribution >= 4 is 15.9 Å². The van der Waals surface area contributed by atoms with Gasteiger partial charge in [-0.05, 0) is 33.6 Å². The number of nitrogens with zero attached hydrogens (tertiary/aromatic N) is 2. The number of sulfonamides is 1. The van der Waals surface area contributed by atoms with Crippen LogP contribution in [0.1, 0.15) is 33.6 Å². The van der Waals surface area contributed by atoms with Crippen LogP contribution in [0.2, 0.25) is 0 Å². The number of amidine groups is 1. The third-order valence-electron chi connectivity index (χ3n) is 3.10. The topological polar surface area (TPSA) is 96.0 Å². The van der Waals surface area contributed by atoms with Gasteiger partial charge in [0.1, 0.15) is 5.84 Å². The van der Waals surface area contributed by atoms with E-state index in [1.165, 1.54) is 4.31 Å². The van der Waals surface area contributed by atoms with Crippen LogP contribution < -0.4 is 5.73 Å². The Hall–Kier alpha value is -0.820. The lowest BCUT2D eigenvalue weighted by atomic mass is 9.97. The van der Waals surface area contributed by atoms with Crippen molar-refractivity contribution in [1.29, 1.82) is 0 Å². The summed E-state index contributed by atoms with van der Waals surface area (Å²) in [5.74, 6) is 0.171. The lowest BCUT2D eigenvalue weighted by molar-refractivity contribution is 0.287. The van der Waals surface area contributed by atoms with Crippen LogP contribution in [0.15, 0.2) is 5.16 Å². The van der Waals surface area contributed by atoms with Crippen LogP contribution in [0.25, 0.3) is 0 Å². The molecule has 0 amide bonds. The van der Waals surface area contributed by atoms with Gasteiger partial charge in [0.25, 0.3) is 0 Å². The minimum Gasteiger partial charge on any atom is -0.409 e. The molecule has 0 saturated carbocycles. The number of nitrogens with two attached hydrogens (primary N) is 1. The fraction of sp³-hybridized carbons (Fsp3) is 0.900. The smallest absolute Gasteiger partial charge is 0.219 e. The van der Waals surface area contributed by atoms with E-state index >= 15 is 0 Å². The standard InChI is InChI=1S/C10H21N3O3S/c1-10(2,3)17(15,16)13-6-4-8(5-7-13)9(11)12-14/h8,14H,4-7H2,1-3H3,(H2,11,12). The highest BCUT2D eigenvalue weighted by molar-refractivity contribution is 7.90. The van der Waals surface area contributed by atoms with Crippen LogP contribution >= 0.6 is 0 Å². The molecular weight excluding hydrogens is 242 g/mol. The predicted octanol–water partition coefficient (Wildman–Crippen LogP) is 0.573. The second-order valence-electron chi connectivity index (χ2n) is 5.32. The van der Waals surface area contributed by atoms with E-state index in [2.05, 4.69) is 5.16 Å². The summed E-state index contributed by atoms with van der Waals surface area (Å²) < 4.78 is 25.0. The molecule has 3 N–H and O–H groups in total. The summed E-state index contributed by atoms with van der Waals surface area (Å²) in [5.41, 5.74) is 5.52. The van der Waals surface area contributed by atoms with Gasteiger partial charge in [-0.15, -0.1) is 0 Å². The first kappa shape index (κ1) is 14.2. The fourth-order valence-electron chi connectivity index (χ4n) is 1.86. The van der Waals surface area contributed by atoms with Crippen molar-refractivity contribution in [1.82, 2.24) is 4.31 Å². The summed E-state index contributed by atoms with van der Waals surface area (Å²) in [7, 11) is -3.27. The van der Waals surface area contributed by atoms with Crippen LogP contribution in [0.4, 0.5) is 0 Å². The van der Waals surface area contributed by atoms with Gasteiger partial charge in [-0.2, -0.15) is 0 Å². The minimum absolute atomic E-state index is 0.0218. The highest BCUT2D eigenvalue weighted by atomic mass is 32.2. The van der Waals surface area contributed by atoms with E-state index in [0.29, 0.717) is 25.9 Å².